The fourth-order valence-electron chi connectivity index (χ4n) is 2.94. The lowest BCUT2D eigenvalue weighted by atomic mass is 10.0. The summed E-state index contributed by atoms with van der Waals surface area (Å²) < 4.78 is 5.85. The fourth-order valence-corrected chi connectivity index (χ4v) is 3.67. The van der Waals surface area contributed by atoms with E-state index in [2.05, 4.69) is 10.6 Å². The molecule has 2 atom stereocenters. The SMILES string of the molecule is CC(NC(=O)CC(NC(N)=O)c1cccc(Oc2ccccc2)c1)c1cccs1. The zero-order valence-corrected chi connectivity index (χ0v) is 16.8. The van der Waals surface area contributed by atoms with Gasteiger partial charge in [-0.15, -0.1) is 11.3 Å². The van der Waals surface area contributed by atoms with E-state index in [0.717, 1.165) is 10.4 Å². The number of nitrogens with one attached hydrogen (secondary N) is 2. The van der Waals surface area contributed by atoms with Crippen LogP contribution in [0.5, 0.6) is 11.5 Å². The number of nitrogens with two attached hydrogens (primary N) is 1. The lowest BCUT2D eigenvalue weighted by molar-refractivity contribution is -0.122. The van der Waals surface area contributed by atoms with E-state index in [4.69, 9.17) is 10.5 Å². The maximum Gasteiger partial charge on any atom is 0.312 e. The van der Waals surface area contributed by atoms with Gasteiger partial charge in [-0.05, 0) is 48.2 Å². The van der Waals surface area contributed by atoms with Crippen molar-refractivity contribution in [2.24, 2.45) is 5.73 Å². The van der Waals surface area contributed by atoms with E-state index in [-0.39, 0.29) is 18.4 Å². The summed E-state index contributed by atoms with van der Waals surface area (Å²) in [6.45, 7) is 1.93. The van der Waals surface area contributed by atoms with Gasteiger partial charge < -0.3 is 21.1 Å². The number of carbonyl (C=O) groups excluding carboxylic acids is 2. The van der Waals surface area contributed by atoms with Crippen LogP contribution in [0.4, 0.5) is 4.79 Å². The van der Waals surface area contributed by atoms with Gasteiger partial charge in [0.2, 0.25) is 5.91 Å². The van der Waals surface area contributed by atoms with Crippen molar-refractivity contribution in [1.29, 1.82) is 0 Å². The molecule has 2 aromatic carbocycles. The Hall–Kier alpha value is -3.32. The maximum absolute atomic E-state index is 12.6. The number of urea groups is 1. The van der Waals surface area contributed by atoms with Gasteiger partial charge in [0.15, 0.2) is 0 Å². The first-order valence-electron chi connectivity index (χ1n) is 9.23. The highest BCUT2D eigenvalue weighted by atomic mass is 32.1. The summed E-state index contributed by atoms with van der Waals surface area (Å²) in [6.07, 6.45) is 0.0629. The quantitative estimate of drug-likeness (QED) is 0.511. The number of thiophene rings is 1. The molecule has 0 aliphatic rings. The summed E-state index contributed by atoms with van der Waals surface area (Å²) in [5.41, 5.74) is 6.07. The molecular weight excluding hydrogens is 386 g/mol. The van der Waals surface area contributed by atoms with Gasteiger partial charge in [0.05, 0.1) is 18.5 Å². The van der Waals surface area contributed by atoms with Crippen LogP contribution in [0.25, 0.3) is 0 Å². The van der Waals surface area contributed by atoms with Gasteiger partial charge in [0.1, 0.15) is 11.5 Å². The van der Waals surface area contributed by atoms with Crippen LogP contribution in [0.3, 0.4) is 0 Å². The van der Waals surface area contributed by atoms with Crippen molar-refractivity contribution in [1.82, 2.24) is 10.6 Å². The maximum atomic E-state index is 12.6. The van der Waals surface area contributed by atoms with Crippen molar-refractivity contribution in [2.75, 3.05) is 0 Å². The molecule has 0 aliphatic carbocycles. The molecule has 0 radical (unpaired) electrons. The molecule has 0 aliphatic heterocycles. The van der Waals surface area contributed by atoms with E-state index >= 15 is 0 Å². The third-order valence-electron chi connectivity index (χ3n) is 4.29. The molecular formula is C22H23N3O3S. The number of hydrogen-bond acceptors (Lipinski definition) is 4. The zero-order chi connectivity index (χ0) is 20.6. The van der Waals surface area contributed by atoms with Gasteiger partial charge in [0.25, 0.3) is 0 Å². The van der Waals surface area contributed by atoms with Gasteiger partial charge in [-0.25, -0.2) is 4.79 Å². The summed E-state index contributed by atoms with van der Waals surface area (Å²) in [5.74, 6) is 1.13. The van der Waals surface area contributed by atoms with E-state index < -0.39 is 12.1 Å². The number of para-hydroxylation sites is 1. The predicted molar refractivity (Wildman–Crippen MR) is 114 cm³/mol. The monoisotopic (exact) mass is 409 g/mol. The van der Waals surface area contributed by atoms with Gasteiger partial charge in [0, 0.05) is 4.88 Å². The standard InChI is InChI=1S/C22H23N3O3S/c1-15(20-11-6-12-29-20)24-21(26)14-19(25-22(23)27)16-7-5-10-18(13-16)28-17-8-3-2-4-9-17/h2-13,15,19H,14H2,1H3,(H,24,26)(H3,23,25,27). The Kier molecular flexibility index (Phi) is 6.86. The first-order chi connectivity index (χ1) is 14.0. The van der Waals surface area contributed by atoms with Crippen LogP contribution in [0.15, 0.2) is 72.1 Å². The second-order valence-electron chi connectivity index (χ2n) is 6.56. The van der Waals surface area contributed by atoms with E-state index in [9.17, 15) is 9.59 Å². The summed E-state index contributed by atoms with van der Waals surface area (Å²) in [4.78, 5) is 25.1. The molecule has 0 saturated carbocycles. The fraction of sp³-hybridized carbons (Fsp3) is 0.182. The Morgan fingerprint density at radius 2 is 1.76 bits per heavy atom. The smallest absolute Gasteiger partial charge is 0.312 e. The minimum atomic E-state index is -0.691. The molecule has 0 saturated heterocycles. The van der Waals surface area contributed by atoms with Gasteiger partial charge in [-0.3, -0.25) is 4.79 Å². The van der Waals surface area contributed by atoms with Crippen molar-refractivity contribution in [2.45, 2.75) is 25.4 Å². The number of primary amides is 1. The molecule has 29 heavy (non-hydrogen) atoms. The molecule has 4 N–H and O–H groups in total. The topological polar surface area (TPSA) is 93.5 Å². The van der Waals surface area contributed by atoms with Crippen LogP contribution in [-0.2, 0) is 4.79 Å². The molecule has 1 heterocycles. The summed E-state index contributed by atoms with van der Waals surface area (Å²) >= 11 is 1.58. The molecule has 3 rings (SSSR count). The van der Waals surface area contributed by atoms with E-state index in [0.29, 0.717) is 11.5 Å². The highest BCUT2D eigenvalue weighted by Gasteiger charge is 2.20. The average molecular weight is 410 g/mol. The molecule has 2 unspecified atom stereocenters. The molecule has 0 bridgehead atoms. The number of amides is 3. The summed E-state index contributed by atoms with van der Waals surface area (Å²) in [7, 11) is 0. The van der Waals surface area contributed by atoms with Gasteiger partial charge >= 0.3 is 6.03 Å². The molecule has 0 fully saturated rings. The molecule has 6 nitrogen and oxygen atoms in total. The second-order valence-corrected chi connectivity index (χ2v) is 7.54. The molecule has 7 heteroatoms. The minimum absolute atomic E-state index is 0.0629. The van der Waals surface area contributed by atoms with Crippen molar-refractivity contribution >= 4 is 23.3 Å². The largest absolute Gasteiger partial charge is 0.457 e. The number of rotatable bonds is 8. The van der Waals surface area contributed by atoms with E-state index in [1.807, 2.05) is 73.0 Å². The normalized spacial score (nSPS) is 12.6. The van der Waals surface area contributed by atoms with Crippen LogP contribution >= 0.6 is 11.3 Å². The zero-order valence-electron chi connectivity index (χ0n) is 16.0. The first kappa shape index (κ1) is 20.4. The average Bonchev–Trinajstić information content (AvgIpc) is 3.23. The summed E-state index contributed by atoms with van der Waals surface area (Å²) in [5, 5.41) is 7.58. The Bertz CT molecular complexity index is 945. The molecule has 1 aromatic heterocycles. The Morgan fingerprint density at radius 3 is 2.45 bits per heavy atom. The van der Waals surface area contributed by atoms with E-state index in [1.165, 1.54) is 0 Å². The van der Waals surface area contributed by atoms with Crippen molar-refractivity contribution in [3.05, 3.63) is 82.6 Å². The van der Waals surface area contributed by atoms with Crippen LogP contribution in [0, 0.1) is 0 Å². The van der Waals surface area contributed by atoms with Crippen LogP contribution in [-0.4, -0.2) is 11.9 Å². The molecule has 3 amide bonds. The predicted octanol–water partition coefficient (Wildman–Crippen LogP) is 4.52. The first-order valence-corrected chi connectivity index (χ1v) is 10.1. The Balaban J connectivity index is 1.71. The summed E-state index contributed by atoms with van der Waals surface area (Å²) in [6, 6.07) is 19.2. The minimum Gasteiger partial charge on any atom is -0.457 e. The van der Waals surface area contributed by atoms with Gasteiger partial charge in [-0.2, -0.15) is 0 Å². The lowest BCUT2D eigenvalue weighted by Gasteiger charge is -2.20. The number of hydrogen-bond donors (Lipinski definition) is 3. The number of ether oxygens (including phenoxy) is 1. The highest BCUT2D eigenvalue weighted by molar-refractivity contribution is 7.10. The van der Waals surface area contributed by atoms with E-state index in [1.54, 1.807) is 17.4 Å². The molecule has 0 spiro atoms. The highest BCUT2D eigenvalue weighted by Crippen LogP contribution is 2.26. The van der Waals surface area contributed by atoms with Crippen molar-refractivity contribution in [3.8, 4) is 11.5 Å². The van der Waals surface area contributed by atoms with Crippen LogP contribution in [0.2, 0.25) is 0 Å². The molecule has 150 valence electrons. The molecule has 3 aromatic rings. The third kappa shape index (κ3) is 6.08. The van der Waals surface area contributed by atoms with Crippen molar-refractivity contribution in [3.63, 3.8) is 0 Å². The van der Waals surface area contributed by atoms with Crippen LogP contribution < -0.4 is 21.1 Å². The number of benzene rings is 2. The Labute approximate surface area is 173 Å². The third-order valence-corrected chi connectivity index (χ3v) is 5.35. The Morgan fingerprint density at radius 1 is 1.00 bits per heavy atom. The lowest BCUT2D eigenvalue weighted by Crippen LogP contribution is -2.37. The van der Waals surface area contributed by atoms with Crippen LogP contribution in [0.1, 0.15) is 35.9 Å². The van der Waals surface area contributed by atoms with Gasteiger partial charge in [-0.1, -0.05) is 36.4 Å². The number of carbonyl (C=O) groups is 2. The second kappa shape index (κ2) is 9.75. The van der Waals surface area contributed by atoms with Crippen molar-refractivity contribution < 1.29 is 14.3 Å².